The number of thioether (sulfide) groups is 1. The number of nitrogens with zero attached hydrogens (tertiary/aromatic N) is 2. The van der Waals surface area contributed by atoms with Crippen LogP contribution in [0, 0.1) is 0 Å². The molecule has 2 amide bonds. The average molecular weight is 603 g/mol. The standard InChI is InChI=1S/C24H19BrN4O6S2/c1-34-23(33)14-6-2-4-8-16(14)26-20(31)13-37-24-27-17-10-11-36-21(17)22(32)29(24)28-19(30)12-35-18-9-5-3-7-15(18)25/h2-11H,12-13H2,1H3,(H,26,31)(H,28,30). The van der Waals surface area contributed by atoms with E-state index in [0.29, 0.717) is 20.4 Å². The molecule has 37 heavy (non-hydrogen) atoms. The molecule has 0 saturated carbocycles. The maximum atomic E-state index is 13.1. The summed E-state index contributed by atoms with van der Waals surface area (Å²) in [4.78, 5) is 54.7. The number of rotatable bonds is 9. The van der Waals surface area contributed by atoms with Gasteiger partial charge in [0.2, 0.25) is 5.91 Å². The summed E-state index contributed by atoms with van der Waals surface area (Å²) < 4.78 is 12.3. The molecule has 0 aliphatic carbocycles. The summed E-state index contributed by atoms with van der Waals surface area (Å²) >= 11 is 5.49. The molecule has 4 rings (SSSR count). The lowest BCUT2D eigenvalue weighted by Gasteiger charge is -2.14. The first-order valence-electron chi connectivity index (χ1n) is 10.6. The van der Waals surface area contributed by atoms with Gasteiger partial charge in [-0.2, -0.15) is 4.68 Å². The van der Waals surface area contributed by atoms with Crippen LogP contribution in [0.3, 0.4) is 0 Å². The summed E-state index contributed by atoms with van der Waals surface area (Å²) in [7, 11) is 1.25. The van der Waals surface area contributed by atoms with Crippen LogP contribution in [0.15, 0.2) is 74.4 Å². The zero-order chi connectivity index (χ0) is 26.4. The summed E-state index contributed by atoms with van der Waals surface area (Å²) in [5.41, 5.74) is 2.97. The number of para-hydroxylation sites is 2. The van der Waals surface area contributed by atoms with Crippen molar-refractivity contribution in [2.75, 3.05) is 30.2 Å². The fourth-order valence-electron chi connectivity index (χ4n) is 3.15. The number of ether oxygens (including phenoxy) is 2. The second kappa shape index (κ2) is 12.0. The molecular weight excluding hydrogens is 584 g/mol. The second-order valence-corrected chi connectivity index (χ2v) is 10.0. The van der Waals surface area contributed by atoms with E-state index in [1.54, 1.807) is 47.8 Å². The molecule has 0 atom stereocenters. The molecular formula is C24H19BrN4O6S2. The highest BCUT2D eigenvalue weighted by Gasteiger charge is 2.18. The summed E-state index contributed by atoms with van der Waals surface area (Å²) in [6, 6.07) is 15.2. The van der Waals surface area contributed by atoms with Gasteiger partial charge in [-0.3, -0.25) is 19.8 Å². The first-order chi connectivity index (χ1) is 17.9. The van der Waals surface area contributed by atoms with E-state index in [-0.39, 0.29) is 28.8 Å². The number of hydrogen-bond donors (Lipinski definition) is 2. The number of nitrogens with one attached hydrogen (secondary N) is 2. The molecule has 2 N–H and O–H groups in total. The van der Waals surface area contributed by atoms with Crippen LogP contribution in [0.1, 0.15) is 10.4 Å². The van der Waals surface area contributed by atoms with E-state index in [2.05, 4.69) is 31.7 Å². The van der Waals surface area contributed by atoms with Gasteiger partial charge in [0, 0.05) is 0 Å². The molecule has 4 aromatic rings. The van der Waals surface area contributed by atoms with Crippen molar-refractivity contribution in [2.45, 2.75) is 5.16 Å². The highest BCUT2D eigenvalue weighted by molar-refractivity contribution is 9.10. The third kappa shape index (κ3) is 6.37. The number of aromatic nitrogens is 2. The van der Waals surface area contributed by atoms with E-state index in [1.165, 1.54) is 24.5 Å². The number of halogens is 1. The first kappa shape index (κ1) is 26.4. The van der Waals surface area contributed by atoms with Crippen molar-refractivity contribution in [1.82, 2.24) is 9.66 Å². The molecule has 2 aromatic carbocycles. The average Bonchev–Trinajstić information content (AvgIpc) is 3.37. The normalized spacial score (nSPS) is 10.6. The van der Waals surface area contributed by atoms with Gasteiger partial charge in [-0.25, -0.2) is 9.78 Å². The van der Waals surface area contributed by atoms with Crippen LogP contribution in [-0.2, 0) is 14.3 Å². The smallest absolute Gasteiger partial charge is 0.339 e. The Morgan fingerprint density at radius 1 is 1.08 bits per heavy atom. The van der Waals surface area contributed by atoms with Crippen molar-refractivity contribution < 1.29 is 23.9 Å². The summed E-state index contributed by atoms with van der Waals surface area (Å²) in [5.74, 6) is -1.31. The molecule has 0 radical (unpaired) electrons. The van der Waals surface area contributed by atoms with Gasteiger partial charge in [0.25, 0.3) is 11.5 Å². The van der Waals surface area contributed by atoms with Crippen molar-refractivity contribution in [3.63, 3.8) is 0 Å². The zero-order valence-electron chi connectivity index (χ0n) is 19.2. The van der Waals surface area contributed by atoms with Gasteiger partial charge in [0.05, 0.1) is 34.1 Å². The summed E-state index contributed by atoms with van der Waals surface area (Å²) in [6.45, 7) is -0.355. The van der Waals surface area contributed by atoms with E-state index in [4.69, 9.17) is 9.47 Å². The number of methoxy groups -OCH3 is 1. The zero-order valence-corrected chi connectivity index (χ0v) is 22.4. The molecule has 0 unspecified atom stereocenters. The number of carbonyl (C=O) groups excluding carboxylic acids is 3. The Kier molecular flexibility index (Phi) is 8.58. The topological polar surface area (TPSA) is 129 Å². The van der Waals surface area contributed by atoms with E-state index in [9.17, 15) is 19.2 Å². The predicted molar refractivity (Wildman–Crippen MR) is 145 cm³/mol. The van der Waals surface area contributed by atoms with Crippen molar-refractivity contribution in [2.24, 2.45) is 0 Å². The predicted octanol–water partition coefficient (Wildman–Crippen LogP) is 3.89. The number of esters is 1. The Labute approximate surface area is 227 Å². The fraction of sp³-hybridized carbons (Fsp3) is 0.125. The number of amides is 2. The molecule has 0 spiro atoms. The van der Waals surface area contributed by atoms with Crippen LogP contribution in [0.25, 0.3) is 10.2 Å². The highest BCUT2D eigenvalue weighted by atomic mass is 79.9. The van der Waals surface area contributed by atoms with Gasteiger partial charge in [0.15, 0.2) is 11.8 Å². The molecule has 13 heteroatoms. The van der Waals surface area contributed by atoms with Crippen LogP contribution in [0.2, 0.25) is 0 Å². The van der Waals surface area contributed by atoms with Crippen LogP contribution in [0.5, 0.6) is 5.75 Å². The van der Waals surface area contributed by atoms with Gasteiger partial charge >= 0.3 is 5.97 Å². The van der Waals surface area contributed by atoms with Crippen molar-refractivity contribution in [1.29, 1.82) is 0 Å². The van der Waals surface area contributed by atoms with E-state index in [1.807, 2.05) is 6.07 Å². The lowest BCUT2D eigenvalue weighted by Crippen LogP contribution is -2.37. The molecule has 10 nitrogen and oxygen atoms in total. The Hall–Kier alpha value is -3.68. The third-order valence-corrected chi connectivity index (χ3v) is 7.31. The molecule has 0 saturated heterocycles. The lowest BCUT2D eigenvalue weighted by molar-refractivity contribution is -0.119. The summed E-state index contributed by atoms with van der Waals surface area (Å²) in [6.07, 6.45) is 0. The SMILES string of the molecule is COC(=O)c1ccccc1NC(=O)CSc1nc2ccsc2c(=O)n1NC(=O)COc1ccccc1Br. The molecule has 0 bridgehead atoms. The molecule has 2 aromatic heterocycles. The van der Waals surface area contributed by atoms with Gasteiger partial charge in [0.1, 0.15) is 10.4 Å². The molecule has 190 valence electrons. The number of hydrogen-bond acceptors (Lipinski definition) is 9. The quantitative estimate of drug-likeness (QED) is 0.168. The fourth-order valence-corrected chi connectivity index (χ4v) is 5.06. The maximum absolute atomic E-state index is 13.1. The minimum Gasteiger partial charge on any atom is -0.483 e. The Morgan fingerprint density at radius 3 is 2.62 bits per heavy atom. The van der Waals surface area contributed by atoms with Crippen LogP contribution >= 0.6 is 39.0 Å². The molecule has 2 heterocycles. The lowest BCUT2D eigenvalue weighted by atomic mass is 10.2. The minimum absolute atomic E-state index is 0.113. The van der Waals surface area contributed by atoms with Crippen molar-refractivity contribution in [3.8, 4) is 5.75 Å². The number of benzene rings is 2. The van der Waals surface area contributed by atoms with Gasteiger partial charge in [-0.15, -0.1) is 11.3 Å². The first-order valence-corrected chi connectivity index (χ1v) is 13.3. The number of anilines is 1. The van der Waals surface area contributed by atoms with Crippen molar-refractivity contribution >= 4 is 72.7 Å². The number of thiophene rings is 1. The van der Waals surface area contributed by atoms with Crippen molar-refractivity contribution in [3.05, 3.63) is 80.4 Å². The largest absolute Gasteiger partial charge is 0.483 e. The highest BCUT2D eigenvalue weighted by Crippen LogP contribution is 2.24. The van der Waals surface area contributed by atoms with Crippen LogP contribution in [0.4, 0.5) is 5.69 Å². The minimum atomic E-state index is -0.589. The number of carbonyl (C=O) groups is 3. The molecule has 0 aliphatic rings. The van der Waals surface area contributed by atoms with Gasteiger partial charge < -0.3 is 14.8 Å². The summed E-state index contributed by atoms with van der Waals surface area (Å²) in [5, 5.41) is 4.49. The Bertz CT molecular complexity index is 1540. The monoisotopic (exact) mass is 602 g/mol. The second-order valence-electron chi connectivity index (χ2n) is 7.30. The maximum Gasteiger partial charge on any atom is 0.339 e. The van der Waals surface area contributed by atoms with Gasteiger partial charge in [-0.05, 0) is 51.6 Å². The van der Waals surface area contributed by atoms with E-state index >= 15 is 0 Å². The number of fused-ring (bicyclic) bond motifs is 1. The van der Waals surface area contributed by atoms with Crippen LogP contribution < -0.4 is 21.0 Å². The van der Waals surface area contributed by atoms with E-state index in [0.717, 1.165) is 16.4 Å². The van der Waals surface area contributed by atoms with Gasteiger partial charge in [-0.1, -0.05) is 36.0 Å². The molecule has 0 fully saturated rings. The molecule has 0 aliphatic heterocycles. The Balaban J connectivity index is 1.49. The Morgan fingerprint density at radius 2 is 1.84 bits per heavy atom. The van der Waals surface area contributed by atoms with Crippen LogP contribution in [-0.4, -0.2) is 46.9 Å². The van der Waals surface area contributed by atoms with E-state index < -0.39 is 23.3 Å². The third-order valence-electron chi connectivity index (χ3n) is 4.82.